The van der Waals surface area contributed by atoms with Crippen LogP contribution in [0.15, 0.2) is 60.8 Å². The molecule has 30 heavy (non-hydrogen) atoms. The van der Waals surface area contributed by atoms with Gasteiger partial charge in [0.05, 0.1) is 17.6 Å². The topological polar surface area (TPSA) is 54.9 Å². The number of aryl methyl sites for hydroxylation is 1. The summed E-state index contributed by atoms with van der Waals surface area (Å²) in [5.41, 5.74) is 3.52. The van der Waals surface area contributed by atoms with Crippen LogP contribution in [0.3, 0.4) is 0 Å². The fraction of sp³-hybridized carbons (Fsp3) is 0.320. The number of amides is 1. The van der Waals surface area contributed by atoms with Gasteiger partial charge in [0.15, 0.2) is 5.82 Å². The number of nitrogens with one attached hydrogen (secondary N) is 1. The van der Waals surface area contributed by atoms with Crippen molar-refractivity contribution < 1.29 is 9.18 Å². The predicted molar refractivity (Wildman–Crippen MR) is 117 cm³/mol. The van der Waals surface area contributed by atoms with Crippen molar-refractivity contribution in [3.63, 3.8) is 0 Å². The molecule has 2 aromatic carbocycles. The second kappa shape index (κ2) is 9.61. The Morgan fingerprint density at radius 1 is 1.00 bits per heavy atom. The molecule has 4 rings (SSSR count). The third-order valence-electron chi connectivity index (χ3n) is 5.67. The van der Waals surface area contributed by atoms with Crippen molar-refractivity contribution in [2.45, 2.75) is 50.9 Å². The number of hydrogen-bond acceptors (Lipinski definition) is 3. The molecule has 1 aliphatic carbocycles. The molecule has 4 nitrogen and oxygen atoms in total. The van der Waals surface area contributed by atoms with Gasteiger partial charge in [-0.1, -0.05) is 49.6 Å². The molecular formula is C25H26FN3O. The maximum Gasteiger partial charge on any atom is 0.225 e. The van der Waals surface area contributed by atoms with E-state index in [1.54, 1.807) is 18.3 Å². The van der Waals surface area contributed by atoms with Crippen LogP contribution in [0.2, 0.25) is 0 Å². The van der Waals surface area contributed by atoms with Crippen molar-refractivity contribution in [1.82, 2.24) is 9.97 Å². The van der Waals surface area contributed by atoms with E-state index in [0.717, 1.165) is 42.5 Å². The van der Waals surface area contributed by atoms with E-state index in [-0.39, 0.29) is 17.6 Å². The van der Waals surface area contributed by atoms with Crippen molar-refractivity contribution in [1.29, 1.82) is 0 Å². The van der Waals surface area contributed by atoms with Gasteiger partial charge in [-0.15, -0.1) is 0 Å². The van der Waals surface area contributed by atoms with E-state index in [1.165, 1.54) is 18.6 Å². The lowest BCUT2D eigenvalue weighted by atomic mass is 9.86. The number of aromatic nitrogens is 2. The molecule has 3 aromatic rings. The quantitative estimate of drug-likeness (QED) is 0.557. The normalized spacial score (nSPS) is 14.4. The van der Waals surface area contributed by atoms with E-state index in [2.05, 4.69) is 10.3 Å². The summed E-state index contributed by atoms with van der Waals surface area (Å²) in [6, 6.07) is 16.3. The summed E-state index contributed by atoms with van der Waals surface area (Å²) in [4.78, 5) is 22.0. The molecule has 0 atom stereocenters. The zero-order valence-electron chi connectivity index (χ0n) is 17.0. The summed E-state index contributed by atoms with van der Waals surface area (Å²) in [5, 5.41) is 2.99. The van der Waals surface area contributed by atoms with Crippen LogP contribution in [0.1, 0.15) is 55.7 Å². The maximum absolute atomic E-state index is 13.3. The fourth-order valence-corrected chi connectivity index (χ4v) is 4.02. The molecular weight excluding hydrogens is 377 g/mol. The molecule has 0 aliphatic heterocycles. The zero-order chi connectivity index (χ0) is 20.8. The van der Waals surface area contributed by atoms with E-state index in [1.807, 2.05) is 30.3 Å². The van der Waals surface area contributed by atoms with Crippen LogP contribution in [0.5, 0.6) is 0 Å². The summed E-state index contributed by atoms with van der Waals surface area (Å²) in [6.45, 7) is 0. The van der Waals surface area contributed by atoms with Crippen LogP contribution in [0, 0.1) is 5.82 Å². The highest BCUT2D eigenvalue weighted by atomic mass is 19.1. The number of benzene rings is 2. The molecule has 0 saturated heterocycles. The molecule has 1 aliphatic rings. The Bertz CT molecular complexity index is 983. The Morgan fingerprint density at radius 2 is 1.73 bits per heavy atom. The van der Waals surface area contributed by atoms with Crippen LogP contribution >= 0.6 is 0 Å². The predicted octanol–water partition coefficient (Wildman–Crippen LogP) is 5.90. The van der Waals surface area contributed by atoms with Gasteiger partial charge < -0.3 is 5.32 Å². The zero-order valence-corrected chi connectivity index (χ0v) is 17.0. The highest BCUT2D eigenvalue weighted by molar-refractivity contribution is 5.90. The third-order valence-corrected chi connectivity index (χ3v) is 5.67. The molecule has 0 bridgehead atoms. The van der Waals surface area contributed by atoms with Crippen molar-refractivity contribution in [2.24, 2.45) is 0 Å². The van der Waals surface area contributed by atoms with Crippen LogP contribution in [0.25, 0.3) is 11.3 Å². The van der Waals surface area contributed by atoms with Gasteiger partial charge in [-0.3, -0.25) is 4.79 Å². The highest BCUT2D eigenvalue weighted by Crippen LogP contribution is 2.35. The number of nitrogens with zero attached hydrogens (tertiary/aromatic N) is 2. The molecule has 0 unspecified atom stereocenters. The summed E-state index contributed by atoms with van der Waals surface area (Å²) >= 11 is 0. The van der Waals surface area contributed by atoms with Gasteiger partial charge in [-0.05, 0) is 49.1 Å². The molecule has 1 fully saturated rings. The summed E-state index contributed by atoms with van der Waals surface area (Å²) < 4.78 is 13.3. The molecule has 0 spiro atoms. The van der Waals surface area contributed by atoms with Gasteiger partial charge in [0, 0.05) is 17.9 Å². The number of anilines is 1. The molecule has 0 radical (unpaired) electrons. The average molecular weight is 404 g/mol. The summed E-state index contributed by atoms with van der Waals surface area (Å²) in [5.74, 6) is 0.517. The van der Waals surface area contributed by atoms with Gasteiger partial charge in [-0.25, -0.2) is 14.4 Å². The Balaban J connectivity index is 1.54. The largest absolute Gasteiger partial charge is 0.309 e. The van der Waals surface area contributed by atoms with Gasteiger partial charge in [0.2, 0.25) is 5.91 Å². The molecule has 1 N–H and O–H groups in total. The van der Waals surface area contributed by atoms with Gasteiger partial charge in [0.25, 0.3) is 0 Å². The van der Waals surface area contributed by atoms with E-state index in [4.69, 9.17) is 4.98 Å². The van der Waals surface area contributed by atoms with Crippen LogP contribution in [0.4, 0.5) is 10.2 Å². The Labute approximate surface area is 176 Å². The first-order valence-electron chi connectivity index (χ1n) is 10.7. The first-order valence-corrected chi connectivity index (χ1v) is 10.7. The summed E-state index contributed by atoms with van der Waals surface area (Å²) in [7, 11) is 0. The average Bonchev–Trinajstić information content (AvgIpc) is 2.80. The Kier molecular flexibility index (Phi) is 6.47. The molecule has 154 valence electrons. The van der Waals surface area contributed by atoms with Crippen LogP contribution in [-0.2, 0) is 11.2 Å². The molecule has 5 heteroatoms. The molecule has 1 saturated carbocycles. The van der Waals surface area contributed by atoms with E-state index in [0.29, 0.717) is 24.4 Å². The molecule has 1 heterocycles. The maximum atomic E-state index is 13.3. The first kappa shape index (κ1) is 20.2. The second-order valence-electron chi connectivity index (χ2n) is 7.86. The number of hydrogen-bond donors (Lipinski definition) is 1. The van der Waals surface area contributed by atoms with Crippen molar-refractivity contribution in [2.75, 3.05) is 5.32 Å². The lowest BCUT2D eigenvalue weighted by Crippen LogP contribution is -2.18. The number of carbonyl (C=O) groups excluding carboxylic acids is 1. The van der Waals surface area contributed by atoms with Crippen molar-refractivity contribution >= 4 is 11.7 Å². The SMILES string of the molecule is O=C(CCc1ccccc1)Nc1ncc(-c2ccc(F)cc2)nc1C1CCCCC1. The first-order chi connectivity index (χ1) is 14.7. The minimum absolute atomic E-state index is 0.0558. The molecule has 1 amide bonds. The van der Waals surface area contributed by atoms with E-state index in [9.17, 15) is 9.18 Å². The standard InChI is InChI=1S/C25H26FN3O/c26-21-14-12-19(13-15-21)22-17-27-25(24(28-22)20-9-5-2-6-10-20)29-23(30)16-11-18-7-3-1-4-8-18/h1,3-4,7-8,12-15,17,20H,2,5-6,9-11,16H2,(H,27,29,30). The monoisotopic (exact) mass is 403 g/mol. The lowest BCUT2D eigenvalue weighted by Gasteiger charge is -2.23. The highest BCUT2D eigenvalue weighted by Gasteiger charge is 2.23. The van der Waals surface area contributed by atoms with Gasteiger partial charge in [0.1, 0.15) is 5.82 Å². The Hall–Kier alpha value is -3.08. The smallest absolute Gasteiger partial charge is 0.225 e. The number of rotatable bonds is 6. The van der Waals surface area contributed by atoms with E-state index < -0.39 is 0 Å². The van der Waals surface area contributed by atoms with Crippen molar-refractivity contribution in [3.05, 3.63) is 77.9 Å². The second-order valence-corrected chi connectivity index (χ2v) is 7.86. The summed E-state index contributed by atoms with van der Waals surface area (Å²) in [6.07, 6.45) is 8.40. The lowest BCUT2D eigenvalue weighted by molar-refractivity contribution is -0.116. The fourth-order valence-electron chi connectivity index (χ4n) is 4.02. The van der Waals surface area contributed by atoms with Crippen LogP contribution < -0.4 is 5.32 Å². The Morgan fingerprint density at radius 3 is 2.47 bits per heavy atom. The van der Waals surface area contributed by atoms with Crippen LogP contribution in [-0.4, -0.2) is 15.9 Å². The number of carbonyl (C=O) groups is 1. The van der Waals surface area contributed by atoms with E-state index >= 15 is 0 Å². The van der Waals surface area contributed by atoms with Gasteiger partial charge in [-0.2, -0.15) is 0 Å². The van der Waals surface area contributed by atoms with Gasteiger partial charge >= 0.3 is 0 Å². The van der Waals surface area contributed by atoms with Crippen molar-refractivity contribution in [3.8, 4) is 11.3 Å². The minimum atomic E-state index is -0.276. The molecule has 1 aromatic heterocycles. The third kappa shape index (κ3) is 5.09. The minimum Gasteiger partial charge on any atom is -0.309 e. The number of halogens is 1.